The Bertz CT molecular complexity index is 252. The van der Waals surface area contributed by atoms with E-state index in [1.807, 2.05) is 20.8 Å². The van der Waals surface area contributed by atoms with Gasteiger partial charge in [-0.05, 0) is 39.7 Å². The van der Waals surface area contributed by atoms with Crippen molar-refractivity contribution in [3.63, 3.8) is 0 Å². The monoisotopic (exact) mass is 259 g/mol. The van der Waals surface area contributed by atoms with Gasteiger partial charge in [-0.1, -0.05) is 27.7 Å². The third kappa shape index (κ3) is 7.34. The minimum Gasteiger partial charge on any atom is -0.393 e. The van der Waals surface area contributed by atoms with Crippen molar-refractivity contribution >= 4 is 0 Å². The number of hydrogen-bond acceptors (Lipinski definition) is 3. The molecule has 0 aromatic heterocycles. The SMILES string of the molecule is CC(O)C(C)(C)CN(C)CC(C)(C)CC(C)(C)O. The molecule has 0 spiro atoms. The van der Waals surface area contributed by atoms with Crippen LogP contribution in [0.2, 0.25) is 0 Å². The average molecular weight is 259 g/mol. The van der Waals surface area contributed by atoms with Gasteiger partial charge in [-0.3, -0.25) is 0 Å². The van der Waals surface area contributed by atoms with Crippen LogP contribution in [0.4, 0.5) is 0 Å². The topological polar surface area (TPSA) is 43.7 Å². The Kier molecular flexibility index (Phi) is 5.85. The summed E-state index contributed by atoms with van der Waals surface area (Å²) in [6.45, 7) is 15.8. The van der Waals surface area contributed by atoms with E-state index >= 15 is 0 Å². The summed E-state index contributed by atoms with van der Waals surface area (Å²) in [6.07, 6.45) is 0.441. The molecule has 3 heteroatoms. The van der Waals surface area contributed by atoms with Crippen molar-refractivity contribution in [1.82, 2.24) is 4.90 Å². The van der Waals surface area contributed by atoms with E-state index in [1.54, 1.807) is 0 Å². The van der Waals surface area contributed by atoms with Crippen molar-refractivity contribution in [1.29, 1.82) is 0 Å². The van der Waals surface area contributed by atoms with Gasteiger partial charge in [-0.2, -0.15) is 0 Å². The lowest BCUT2D eigenvalue weighted by Crippen LogP contribution is -2.43. The van der Waals surface area contributed by atoms with Gasteiger partial charge in [0.1, 0.15) is 0 Å². The Hall–Kier alpha value is -0.120. The number of rotatable bonds is 7. The highest BCUT2D eigenvalue weighted by molar-refractivity contribution is 4.83. The van der Waals surface area contributed by atoms with Gasteiger partial charge in [0, 0.05) is 18.5 Å². The molecule has 0 aromatic rings. The molecule has 0 bridgehead atoms. The molecular formula is C15H33NO2. The molecule has 1 unspecified atom stereocenters. The molecule has 0 radical (unpaired) electrons. The molecule has 3 nitrogen and oxygen atoms in total. The molecule has 0 aromatic carbocycles. The van der Waals surface area contributed by atoms with Gasteiger partial charge in [0.15, 0.2) is 0 Å². The van der Waals surface area contributed by atoms with Crippen molar-refractivity contribution in [2.75, 3.05) is 20.1 Å². The van der Waals surface area contributed by atoms with E-state index in [0.29, 0.717) is 0 Å². The highest BCUT2D eigenvalue weighted by Gasteiger charge is 2.31. The Balaban J connectivity index is 4.44. The summed E-state index contributed by atoms with van der Waals surface area (Å²) in [7, 11) is 2.08. The van der Waals surface area contributed by atoms with E-state index in [9.17, 15) is 10.2 Å². The number of nitrogens with zero attached hydrogens (tertiary/aromatic N) is 1. The maximum Gasteiger partial charge on any atom is 0.0597 e. The summed E-state index contributed by atoms with van der Waals surface area (Å²) < 4.78 is 0. The van der Waals surface area contributed by atoms with Crippen molar-refractivity contribution < 1.29 is 10.2 Å². The minimum atomic E-state index is -0.635. The highest BCUT2D eigenvalue weighted by atomic mass is 16.3. The van der Waals surface area contributed by atoms with Crippen LogP contribution >= 0.6 is 0 Å². The summed E-state index contributed by atoms with van der Waals surface area (Å²) in [5, 5.41) is 19.7. The van der Waals surface area contributed by atoms with E-state index in [1.165, 1.54) is 0 Å². The maximum atomic E-state index is 9.93. The molecule has 0 aliphatic heterocycles. The molecule has 0 saturated heterocycles. The molecule has 0 heterocycles. The quantitative estimate of drug-likeness (QED) is 0.738. The molecule has 0 aliphatic carbocycles. The second-order valence-electron chi connectivity index (χ2n) is 7.99. The lowest BCUT2D eigenvalue weighted by molar-refractivity contribution is 0.00474. The second-order valence-corrected chi connectivity index (χ2v) is 7.99. The predicted molar refractivity (Wildman–Crippen MR) is 77.7 cm³/mol. The third-order valence-electron chi connectivity index (χ3n) is 3.42. The van der Waals surface area contributed by atoms with Crippen molar-refractivity contribution in [3.8, 4) is 0 Å². The van der Waals surface area contributed by atoms with Crippen LogP contribution in [-0.2, 0) is 0 Å². The van der Waals surface area contributed by atoms with Crippen LogP contribution in [0.15, 0.2) is 0 Å². The normalized spacial score (nSPS) is 16.2. The average Bonchev–Trinajstić information content (AvgIpc) is 1.94. The molecule has 18 heavy (non-hydrogen) atoms. The number of aliphatic hydroxyl groups is 2. The fourth-order valence-electron chi connectivity index (χ4n) is 2.84. The summed E-state index contributed by atoms with van der Waals surface area (Å²) in [5.41, 5.74) is -0.689. The fraction of sp³-hybridized carbons (Fsp3) is 1.00. The Labute approximate surface area is 113 Å². The number of hydrogen-bond donors (Lipinski definition) is 2. The van der Waals surface area contributed by atoms with Crippen molar-refractivity contribution in [3.05, 3.63) is 0 Å². The molecule has 1 atom stereocenters. The summed E-state index contributed by atoms with van der Waals surface area (Å²) in [4.78, 5) is 2.25. The lowest BCUT2D eigenvalue weighted by atomic mass is 9.80. The van der Waals surface area contributed by atoms with E-state index in [-0.39, 0.29) is 16.9 Å². The van der Waals surface area contributed by atoms with Crippen LogP contribution in [0.1, 0.15) is 54.9 Å². The second kappa shape index (κ2) is 5.89. The van der Waals surface area contributed by atoms with Gasteiger partial charge >= 0.3 is 0 Å². The van der Waals surface area contributed by atoms with Crippen LogP contribution in [0, 0.1) is 10.8 Å². The zero-order chi connectivity index (χ0) is 14.8. The van der Waals surface area contributed by atoms with Crippen LogP contribution in [-0.4, -0.2) is 47.0 Å². The molecule has 0 aliphatic rings. The van der Waals surface area contributed by atoms with Crippen molar-refractivity contribution in [2.45, 2.75) is 66.6 Å². The molecule has 0 saturated carbocycles. The van der Waals surface area contributed by atoms with Crippen LogP contribution in [0.25, 0.3) is 0 Å². The first kappa shape index (κ1) is 17.9. The zero-order valence-electron chi connectivity index (χ0n) is 13.5. The molecule has 110 valence electrons. The fourth-order valence-corrected chi connectivity index (χ4v) is 2.84. The van der Waals surface area contributed by atoms with E-state index in [4.69, 9.17) is 0 Å². The predicted octanol–water partition coefficient (Wildman–Crippen LogP) is 2.51. The first-order valence-electron chi connectivity index (χ1n) is 6.84. The van der Waals surface area contributed by atoms with Gasteiger partial charge in [-0.15, -0.1) is 0 Å². The van der Waals surface area contributed by atoms with Gasteiger partial charge in [0.05, 0.1) is 11.7 Å². The summed E-state index contributed by atoms with van der Waals surface area (Å²) >= 11 is 0. The molecule has 0 amide bonds. The lowest BCUT2D eigenvalue weighted by Gasteiger charge is -2.38. The standard InChI is InChI=1S/C15H33NO2/c1-12(17)14(4,5)11-16(8)10-13(2,3)9-15(6,7)18/h12,17-18H,9-11H2,1-8H3. The van der Waals surface area contributed by atoms with Gasteiger partial charge < -0.3 is 15.1 Å². The van der Waals surface area contributed by atoms with E-state index in [2.05, 4.69) is 39.6 Å². The Morgan fingerprint density at radius 1 is 1.00 bits per heavy atom. The largest absolute Gasteiger partial charge is 0.393 e. The molecule has 2 N–H and O–H groups in total. The molecule has 0 rings (SSSR count). The molecular weight excluding hydrogens is 226 g/mol. The summed E-state index contributed by atoms with van der Waals surface area (Å²) in [6, 6.07) is 0. The highest BCUT2D eigenvalue weighted by Crippen LogP contribution is 2.30. The maximum absolute atomic E-state index is 9.93. The van der Waals surface area contributed by atoms with Gasteiger partial charge in [-0.25, -0.2) is 0 Å². The Morgan fingerprint density at radius 2 is 1.44 bits per heavy atom. The zero-order valence-corrected chi connectivity index (χ0v) is 13.5. The van der Waals surface area contributed by atoms with E-state index in [0.717, 1.165) is 19.5 Å². The molecule has 0 fully saturated rings. The van der Waals surface area contributed by atoms with Crippen LogP contribution in [0.3, 0.4) is 0 Å². The van der Waals surface area contributed by atoms with Gasteiger partial charge in [0.2, 0.25) is 0 Å². The van der Waals surface area contributed by atoms with E-state index < -0.39 is 5.60 Å². The van der Waals surface area contributed by atoms with Crippen LogP contribution in [0.5, 0.6) is 0 Å². The van der Waals surface area contributed by atoms with Crippen molar-refractivity contribution in [2.24, 2.45) is 10.8 Å². The number of aliphatic hydroxyl groups excluding tert-OH is 1. The van der Waals surface area contributed by atoms with Gasteiger partial charge in [0.25, 0.3) is 0 Å². The smallest absolute Gasteiger partial charge is 0.0597 e. The Morgan fingerprint density at radius 3 is 1.78 bits per heavy atom. The first-order valence-corrected chi connectivity index (χ1v) is 6.84. The third-order valence-corrected chi connectivity index (χ3v) is 3.42. The first-order chi connectivity index (χ1) is 7.75. The van der Waals surface area contributed by atoms with Crippen LogP contribution < -0.4 is 0 Å². The summed E-state index contributed by atoms with van der Waals surface area (Å²) in [5.74, 6) is 0. The minimum absolute atomic E-state index is 0.0573.